The summed E-state index contributed by atoms with van der Waals surface area (Å²) in [6.45, 7) is 3.39. The molecule has 102 valence electrons. The van der Waals surface area contributed by atoms with Gasteiger partial charge in [0.05, 0.1) is 0 Å². The van der Waals surface area contributed by atoms with E-state index in [9.17, 15) is 0 Å². The topological polar surface area (TPSA) is 21.3 Å². The number of nitrogens with one attached hydrogen (secondary N) is 1. The SMILES string of the molecule is C#CCOc1ccc(Br)cc1CNC1(CC)CCC1. The van der Waals surface area contributed by atoms with Crippen LogP contribution in [0.4, 0.5) is 0 Å². The van der Waals surface area contributed by atoms with E-state index in [0.29, 0.717) is 12.1 Å². The molecule has 0 saturated heterocycles. The van der Waals surface area contributed by atoms with Gasteiger partial charge in [-0.05, 0) is 43.9 Å². The van der Waals surface area contributed by atoms with Gasteiger partial charge in [0, 0.05) is 22.1 Å². The van der Waals surface area contributed by atoms with Crippen LogP contribution < -0.4 is 10.1 Å². The molecule has 0 aromatic heterocycles. The molecular formula is C16H20BrNO. The van der Waals surface area contributed by atoms with Crippen LogP contribution in [0.25, 0.3) is 0 Å². The molecule has 19 heavy (non-hydrogen) atoms. The van der Waals surface area contributed by atoms with E-state index in [4.69, 9.17) is 11.2 Å². The molecular weight excluding hydrogens is 302 g/mol. The highest BCUT2D eigenvalue weighted by Gasteiger charge is 2.34. The second kappa shape index (κ2) is 6.45. The Morgan fingerprint density at radius 1 is 1.47 bits per heavy atom. The largest absolute Gasteiger partial charge is 0.481 e. The lowest BCUT2D eigenvalue weighted by molar-refractivity contribution is 0.174. The van der Waals surface area contributed by atoms with Gasteiger partial charge in [0.2, 0.25) is 0 Å². The van der Waals surface area contributed by atoms with E-state index in [1.54, 1.807) is 0 Å². The van der Waals surface area contributed by atoms with Crippen molar-refractivity contribution in [3.63, 3.8) is 0 Å². The first kappa shape index (κ1) is 14.4. The van der Waals surface area contributed by atoms with Crippen molar-refractivity contribution in [1.29, 1.82) is 0 Å². The Hall–Kier alpha value is -0.980. The highest BCUT2D eigenvalue weighted by molar-refractivity contribution is 9.10. The maximum Gasteiger partial charge on any atom is 0.148 e. The quantitative estimate of drug-likeness (QED) is 0.803. The Bertz CT molecular complexity index is 469. The van der Waals surface area contributed by atoms with Gasteiger partial charge in [-0.15, -0.1) is 6.42 Å². The summed E-state index contributed by atoms with van der Waals surface area (Å²) in [5.41, 5.74) is 1.50. The minimum absolute atomic E-state index is 0.313. The van der Waals surface area contributed by atoms with Crippen molar-refractivity contribution < 1.29 is 4.74 Å². The lowest BCUT2D eigenvalue weighted by atomic mass is 9.75. The van der Waals surface area contributed by atoms with E-state index in [1.807, 2.05) is 12.1 Å². The molecule has 2 rings (SSSR count). The molecule has 1 N–H and O–H groups in total. The maximum atomic E-state index is 5.59. The number of ether oxygens (including phenoxy) is 1. The number of hydrogen-bond donors (Lipinski definition) is 1. The first-order valence-electron chi connectivity index (χ1n) is 6.79. The second-order valence-electron chi connectivity index (χ2n) is 5.09. The fourth-order valence-corrected chi connectivity index (χ4v) is 2.90. The zero-order valence-corrected chi connectivity index (χ0v) is 12.9. The van der Waals surface area contributed by atoms with Gasteiger partial charge in [0.15, 0.2) is 0 Å². The van der Waals surface area contributed by atoms with Crippen molar-refractivity contribution in [1.82, 2.24) is 5.32 Å². The molecule has 1 aliphatic rings. The maximum absolute atomic E-state index is 5.59. The number of terminal acetylenes is 1. The third-order valence-corrected chi connectivity index (χ3v) is 4.47. The first-order valence-corrected chi connectivity index (χ1v) is 7.58. The summed E-state index contributed by atoms with van der Waals surface area (Å²) in [6, 6.07) is 6.05. The Kier molecular flexibility index (Phi) is 4.90. The van der Waals surface area contributed by atoms with E-state index in [-0.39, 0.29) is 0 Å². The lowest BCUT2D eigenvalue weighted by Crippen LogP contribution is -2.49. The van der Waals surface area contributed by atoms with Gasteiger partial charge < -0.3 is 10.1 Å². The molecule has 1 aliphatic carbocycles. The molecule has 1 fully saturated rings. The molecule has 1 saturated carbocycles. The van der Waals surface area contributed by atoms with Crippen LogP contribution in [0.2, 0.25) is 0 Å². The Balaban J connectivity index is 2.05. The molecule has 0 heterocycles. The number of halogens is 1. The predicted octanol–water partition coefficient (Wildman–Crippen LogP) is 3.88. The van der Waals surface area contributed by atoms with Crippen molar-refractivity contribution in [2.45, 2.75) is 44.7 Å². The fraction of sp³-hybridized carbons (Fsp3) is 0.500. The van der Waals surface area contributed by atoms with E-state index >= 15 is 0 Å². The van der Waals surface area contributed by atoms with Gasteiger partial charge in [-0.2, -0.15) is 0 Å². The van der Waals surface area contributed by atoms with Gasteiger partial charge in [0.1, 0.15) is 12.4 Å². The zero-order chi connectivity index (χ0) is 13.7. The first-order chi connectivity index (χ1) is 9.19. The van der Waals surface area contributed by atoms with E-state index in [1.165, 1.54) is 25.7 Å². The number of hydrogen-bond acceptors (Lipinski definition) is 2. The molecule has 0 aliphatic heterocycles. The molecule has 0 unspecified atom stereocenters. The van der Waals surface area contributed by atoms with Gasteiger partial charge in [-0.3, -0.25) is 0 Å². The summed E-state index contributed by atoms with van der Waals surface area (Å²) in [7, 11) is 0. The fourth-order valence-electron chi connectivity index (χ4n) is 2.49. The number of benzene rings is 1. The number of rotatable bonds is 6. The smallest absolute Gasteiger partial charge is 0.148 e. The molecule has 0 amide bonds. The van der Waals surface area contributed by atoms with E-state index in [0.717, 1.165) is 22.3 Å². The van der Waals surface area contributed by atoms with Crippen LogP contribution >= 0.6 is 15.9 Å². The molecule has 1 aromatic carbocycles. The highest BCUT2D eigenvalue weighted by atomic mass is 79.9. The van der Waals surface area contributed by atoms with Crippen molar-refractivity contribution in [3.05, 3.63) is 28.2 Å². The second-order valence-corrected chi connectivity index (χ2v) is 6.00. The molecule has 1 aromatic rings. The summed E-state index contributed by atoms with van der Waals surface area (Å²) in [5, 5.41) is 3.69. The van der Waals surface area contributed by atoms with Crippen LogP contribution in [0, 0.1) is 12.3 Å². The minimum Gasteiger partial charge on any atom is -0.481 e. The predicted molar refractivity (Wildman–Crippen MR) is 82.2 cm³/mol. The van der Waals surface area contributed by atoms with Gasteiger partial charge in [-0.1, -0.05) is 28.8 Å². The third-order valence-electron chi connectivity index (χ3n) is 3.97. The van der Waals surface area contributed by atoms with Crippen molar-refractivity contribution in [2.75, 3.05) is 6.61 Å². The summed E-state index contributed by atoms with van der Waals surface area (Å²) in [5.74, 6) is 3.38. The van der Waals surface area contributed by atoms with Crippen molar-refractivity contribution in [3.8, 4) is 18.1 Å². The lowest BCUT2D eigenvalue weighted by Gasteiger charge is -2.42. The summed E-state index contributed by atoms with van der Waals surface area (Å²) < 4.78 is 6.66. The van der Waals surface area contributed by atoms with Crippen LogP contribution in [0.3, 0.4) is 0 Å². The Morgan fingerprint density at radius 2 is 2.26 bits per heavy atom. The zero-order valence-electron chi connectivity index (χ0n) is 11.3. The van der Waals surface area contributed by atoms with Gasteiger partial charge in [0.25, 0.3) is 0 Å². The van der Waals surface area contributed by atoms with Crippen LogP contribution in [0.15, 0.2) is 22.7 Å². The highest BCUT2D eigenvalue weighted by Crippen LogP contribution is 2.35. The normalized spacial score (nSPS) is 16.5. The summed E-state index contributed by atoms with van der Waals surface area (Å²) in [6.07, 6.45) is 10.3. The minimum atomic E-state index is 0.313. The van der Waals surface area contributed by atoms with Crippen molar-refractivity contribution in [2.24, 2.45) is 0 Å². The van der Waals surface area contributed by atoms with Crippen molar-refractivity contribution >= 4 is 15.9 Å². The van der Waals surface area contributed by atoms with Crippen LogP contribution in [-0.2, 0) is 6.54 Å². The monoisotopic (exact) mass is 321 g/mol. The molecule has 0 radical (unpaired) electrons. The Labute approximate surface area is 124 Å². The molecule has 0 atom stereocenters. The molecule has 0 bridgehead atoms. The molecule has 2 nitrogen and oxygen atoms in total. The molecule has 3 heteroatoms. The average molecular weight is 322 g/mol. The third kappa shape index (κ3) is 3.52. The van der Waals surface area contributed by atoms with Crippen LogP contribution in [-0.4, -0.2) is 12.1 Å². The van der Waals surface area contributed by atoms with Crippen LogP contribution in [0.5, 0.6) is 5.75 Å². The van der Waals surface area contributed by atoms with Gasteiger partial charge >= 0.3 is 0 Å². The Morgan fingerprint density at radius 3 is 2.84 bits per heavy atom. The standard InChI is InChI=1S/C16H20BrNO/c1-3-10-19-15-7-6-14(17)11-13(15)12-18-16(4-2)8-5-9-16/h1,6-7,11,18H,4-5,8-10,12H2,2H3. The van der Waals surface area contributed by atoms with E-state index in [2.05, 4.69) is 40.2 Å². The summed E-state index contributed by atoms with van der Waals surface area (Å²) >= 11 is 3.51. The summed E-state index contributed by atoms with van der Waals surface area (Å²) in [4.78, 5) is 0. The molecule has 0 spiro atoms. The average Bonchev–Trinajstić information content (AvgIpc) is 2.37. The van der Waals surface area contributed by atoms with Crippen LogP contribution in [0.1, 0.15) is 38.2 Å². The van der Waals surface area contributed by atoms with Gasteiger partial charge in [-0.25, -0.2) is 0 Å². The van der Waals surface area contributed by atoms with E-state index < -0.39 is 0 Å².